The number of hydrogen-bond acceptors (Lipinski definition) is 6. The zero-order valence-electron chi connectivity index (χ0n) is 18.8. The lowest BCUT2D eigenvalue weighted by atomic mass is 9.93. The number of esters is 1. The highest BCUT2D eigenvalue weighted by atomic mass is 35.5. The maximum Gasteiger partial charge on any atom is 0.312 e. The molecule has 3 rings (SSSR count). The lowest BCUT2D eigenvalue weighted by molar-refractivity contribution is -0.166. The number of aryl methyl sites for hydroxylation is 1. The zero-order valence-corrected chi connectivity index (χ0v) is 19.6. The number of pyridine rings is 1. The van der Waals surface area contributed by atoms with E-state index < -0.39 is 5.60 Å². The fourth-order valence-electron chi connectivity index (χ4n) is 3.83. The lowest BCUT2D eigenvalue weighted by Crippen LogP contribution is -2.49. The van der Waals surface area contributed by atoms with Crippen molar-refractivity contribution in [3.8, 4) is 17.0 Å². The second-order valence-electron chi connectivity index (χ2n) is 8.89. The number of aromatic nitrogens is 1. The first-order valence-electron chi connectivity index (χ1n) is 10.6. The van der Waals surface area contributed by atoms with Crippen LogP contribution in [0.4, 0.5) is 5.82 Å². The lowest BCUT2D eigenvalue weighted by Gasteiger charge is -2.38. The van der Waals surface area contributed by atoms with Gasteiger partial charge in [-0.15, -0.1) is 0 Å². The highest BCUT2D eigenvalue weighted by Crippen LogP contribution is 2.36. The summed E-state index contributed by atoms with van der Waals surface area (Å²) in [6.45, 7) is 11.2. The Hall–Kier alpha value is -2.31. The van der Waals surface area contributed by atoms with Crippen LogP contribution in [0.25, 0.3) is 11.3 Å². The van der Waals surface area contributed by atoms with Gasteiger partial charge in [-0.25, -0.2) is 4.98 Å². The van der Waals surface area contributed by atoms with Crippen molar-refractivity contribution < 1.29 is 19.4 Å². The number of carbonyl (C=O) groups is 1. The van der Waals surface area contributed by atoms with Crippen molar-refractivity contribution >= 4 is 23.4 Å². The Bertz CT molecular complexity index is 942. The number of hydrogen-bond donors (Lipinski definition) is 1. The quantitative estimate of drug-likeness (QED) is 0.652. The second-order valence-corrected chi connectivity index (χ2v) is 9.30. The number of phenolic OH excluding ortho intramolecular Hbond substituents is 1. The number of halogens is 1. The maximum atomic E-state index is 12.7. The van der Waals surface area contributed by atoms with Crippen LogP contribution in [0.2, 0.25) is 5.02 Å². The van der Waals surface area contributed by atoms with Crippen LogP contribution in [-0.2, 0) is 14.3 Å². The molecule has 1 aromatic heterocycles. The molecule has 0 saturated carbocycles. The van der Waals surface area contributed by atoms with Crippen LogP contribution in [0.15, 0.2) is 30.3 Å². The number of rotatable bonds is 5. The third-order valence-corrected chi connectivity index (χ3v) is 5.48. The van der Waals surface area contributed by atoms with E-state index >= 15 is 0 Å². The van der Waals surface area contributed by atoms with E-state index in [0.717, 1.165) is 11.4 Å². The standard InChI is InChI=1S/C24H31ClN2O4/c1-6-30-20-14-27(11-10-16(20)23(29)31-24(3,4)5)21-9-7-8-19(26-21)17-12-15(2)13-18(25)22(17)28/h7-9,12-13,16,20,28H,6,10-11,14H2,1-5H3/t16-,20+/m1/s1. The van der Waals surface area contributed by atoms with Crippen molar-refractivity contribution in [2.24, 2.45) is 5.92 Å². The van der Waals surface area contributed by atoms with Crippen molar-refractivity contribution in [1.29, 1.82) is 0 Å². The van der Waals surface area contributed by atoms with Crippen LogP contribution < -0.4 is 4.90 Å². The number of piperidine rings is 1. The van der Waals surface area contributed by atoms with Crippen LogP contribution in [0.1, 0.15) is 39.7 Å². The molecule has 2 atom stereocenters. The summed E-state index contributed by atoms with van der Waals surface area (Å²) in [4.78, 5) is 19.6. The Kier molecular flexibility index (Phi) is 7.12. The highest BCUT2D eigenvalue weighted by Gasteiger charge is 2.37. The van der Waals surface area contributed by atoms with Crippen molar-refractivity contribution in [2.45, 2.75) is 52.7 Å². The van der Waals surface area contributed by atoms with E-state index in [1.807, 2.05) is 58.9 Å². The molecule has 6 nitrogen and oxygen atoms in total. The molecular weight excluding hydrogens is 416 g/mol. The van der Waals surface area contributed by atoms with Gasteiger partial charge < -0.3 is 19.5 Å². The topological polar surface area (TPSA) is 71.9 Å². The molecule has 31 heavy (non-hydrogen) atoms. The van der Waals surface area contributed by atoms with E-state index in [9.17, 15) is 9.90 Å². The Morgan fingerprint density at radius 1 is 1.32 bits per heavy atom. The molecule has 1 saturated heterocycles. The van der Waals surface area contributed by atoms with Crippen molar-refractivity contribution in [1.82, 2.24) is 4.98 Å². The van der Waals surface area contributed by atoms with Crippen LogP contribution in [0.5, 0.6) is 5.75 Å². The predicted octanol–water partition coefficient (Wildman–Crippen LogP) is 4.99. The minimum atomic E-state index is -0.530. The van der Waals surface area contributed by atoms with Crippen molar-refractivity contribution in [3.63, 3.8) is 0 Å². The number of nitrogens with zero attached hydrogens (tertiary/aromatic N) is 2. The van der Waals surface area contributed by atoms with Gasteiger partial charge in [-0.2, -0.15) is 0 Å². The SMILES string of the molecule is CCO[C@H]1CN(c2cccc(-c3cc(C)cc(Cl)c3O)n2)CC[C@H]1C(=O)OC(C)(C)C. The van der Waals surface area contributed by atoms with E-state index in [-0.39, 0.29) is 23.7 Å². The van der Waals surface area contributed by atoms with E-state index in [4.69, 9.17) is 26.1 Å². The number of carbonyl (C=O) groups excluding carboxylic acids is 1. The third kappa shape index (κ3) is 5.69. The average molecular weight is 447 g/mol. The molecule has 1 aliphatic heterocycles. The highest BCUT2D eigenvalue weighted by molar-refractivity contribution is 6.32. The Labute approximate surface area is 189 Å². The largest absolute Gasteiger partial charge is 0.506 e. The molecule has 168 valence electrons. The summed E-state index contributed by atoms with van der Waals surface area (Å²) < 4.78 is 11.5. The molecule has 1 aliphatic rings. The van der Waals surface area contributed by atoms with Crippen LogP contribution in [-0.4, -0.2) is 47.5 Å². The van der Waals surface area contributed by atoms with Gasteiger partial charge in [0, 0.05) is 25.3 Å². The summed E-state index contributed by atoms with van der Waals surface area (Å²) in [5, 5.41) is 10.7. The third-order valence-electron chi connectivity index (χ3n) is 5.19. The number of aromatic hydroxyl groups is 1. The van der Waals surface area contributed by atoms with Crippen LogP contribution in [0, 0.1) is 12.8 Å². The number of anilines is 1. The number of phenols is 1. The molecule has 0 radical (unpaired) electrons. The van der Waals surface area contributed by atoms with E-state index in [2.05, 4.69) is 4.90 Å². The smallest absolute Gasteiger partial charge is 0.312 e. The first-order valence-corrected chi connectivity index (χ1v) is 11.0. The first-order chi connectivity index (χ1) is 14.6. The molecule has 2 aromatic rings. The molecular formula is C24H31ClN2O4. The fourth-order valence-corrected chi connectivity index (χ4v) is 4.11. The van der Waals surface area contributed by atoms with Crippen molar-refractivity contribution in [2.75, 3.05) is 24.6 Å². The molecule has 1 N–H and O–H groups in total. The maximum absolute atomic E-state index is 12.7. The molecule has 7 heteroatoms. The Balaban J connectivity index is 1.83. The van der Waals surface area contributed by atoms with Gasteiger partial charge in [-0.05, 0) is 70.9 Å². The summed E-state index contributed by atoms with van der Waals surface area (Å²) in [6, 6.07) is 9.27. The monoisotopic (exact) mass is 446 g/mol. The van der Waals surface area contributed by atoms with Crippen molar-refractivity contribution in [3.05, 3.63) is 40.9 Å². The molecule has 0 aliphatic carbocycles. The van der Waals surface area contributed by atoms with Gasteiger partial charge in [0.25, 0.3) is 0 Å². The van der Waals surface area contributed by atoms with Gasteiger partial charge >= 0.3 is 5.97 Å². The zero-order chi connectivity index (χ0) is 22.8. The molecule has 2 heterocycles. The molecule has 1 aromatic carbocycles. The minimum absolute atomic E-state index is 0.0211. The Morgan fingerprint density at radius 3 is 2.74 bits per heavy atom. The molecule has 0 amide bonds. The second kappa shape index (κ2) is 9.45. The van der Waals surface area contributed by atoms with E-state index in [1.54, 1.807) is 6.07 Å². The van der Waals surface area contributed by atoms with Gasteiger partial charge in [0.15, 0.2) is 0 Å². The summed E-state index contributed by atoms with van der Waals surface area (Å²) in [6.07, 6.45) is 0.341. The molecule has 1 fully saturated rings. The van der Waals surface area contributed by atoms with Gasteiger partial charge in [-0.3, -0.25) is 4.79 Å². The Morgan fingerprint density at radius 2 is 2.06 bits per heavy atom. The summed E-state index contributed by atoms with van der Waals surface area (Å²) in [7, 11) is 0. The summed E-state index contributed by atoms with van der Waals surface area (Å²) in [5.41, 5.74) is 1.65. The first kappa shape index (κ1) is 23.4. The number of ether oxygens (including phenoxy) is 2. The molecule has 0 spiro atoms. The molecule has 0 bridgehead atoms. The van der Waals surface area contributed by atoms with E-state index in [1.165, 1.54) is 0 Å². The summed E-state index contributed by atoms with van der Waals surface area (Å²) in [5.74, 6) is 0.263. The molecule has 0 unspecified atom stereocenters. The fraction of sp³-hybridized carbons (Fsp3) is 0.500. The average Bonchev–Trinajstić information content (AvgIpc) is 2.69. The minimum Gasteiger partial charge on any atom is -0.506 e. The van der Waals surface area contributed by atoms with Gasteiger partial charge in [-0.1, -0.05) is 17.7 Å². The van der Waals surface area contributed by atoms with Gasteiger partial charge in [0.1, 0.15) is 17.2 Å². The van der Waals surface area contributed by atoms with Crippen LogP contribution >= 0.6 is 11.6 Å². The number of benzene rings is 1. The normalized spacial score (nSPS) is 19.4. The van der Waals surface area contributed by atoms with Gasteiger partial charge in [0.2, 0.25) is 0 Å². The summed E-state index contributed by atoms with van der Waals surface area (Å²) >= 11 is 6.15. The van der Waals surface area contributed by atoms with E-state index in [0.29, 0.717) is 42.4 Å². The predicted molar refractivity (Wildman–Crippen MR) is 123 cm³/mol. The van der Waals surface area contributed by atoms with Gasteiger partial charge in [0.05, 0.1) is 22.7 Å². The van der Waals surface area contributed by atoms with Crippen LogP contribution in [0.3, 0.4) is 0 Å².